The molecule has 1 saturated heterocycles. The second kappa shape index (κ2) is 8.55. The Morgan fingerprint density at radius 3 is 3.07 bits per heavy atom. The van der Waals surface area contributed by atoms with Crippen LogP contribution in [0.5, 0.6) is 0 Å². The highest BCUT2D eigenvalue weighted by atomic mass is 16.3. The molecule has 2 aromatic rings. The van der Waals surface area contributed by atoms with Gasteiger partial charge in [0.15, 0.2) is 5.82 Å². The molecule has 2 aliphatic rings. The standard InChI is InChI=1S/C19H26N6O3/c26-18(21-11-17-23-22-16-4-2-1-3-7-25(16)17)10-15-19(27)20-6-8-24(15)12-14-5-9-28-13-14/h5,9,13,15H,1-4,6-8,10-12H2,(H,20,27)(H,21,26)/t15-/m1/s1. The lowest BCUT2D eigenvalue weighted by atomic mass is 10.1. The van der Waals surface area contributed by atoms with E-state index in [1.165, 1.54) is 6.42 Å². The Hall–Kier alpha value is -2.68. The van der Waals surface area contributed by atoms with Crippen LogP contribution < -0.4 is 10.6 Å². The van der Waals surface area contributed by atoms with Crippen molar-refractivity contribution in [2.45, 2.75) is 57.8 Å². The summed E-state index contributed by atoms with van der Waals surface area (Å²) in [5.74, 6) is 1.51. The molecule has 2 aliphatic heterocycles. The summed E-state index contributed by atoms with van der Waals surface area (Å²) < 4.78 is 7.23. The van der Waals surface area contributed by atoms with Gasteiger partial charge in [0.1, 0.15) is 5.82 Å². The number of hydrogen-bond donors (Lipinski definition) is 2. The average Bonchev–Trinajstić information content (AvgIpc) is 3.27. The van der Waals surface area contributed by atoms with Gasteiger partial charge >= 0.3 is 0 Å². The maximum absolute atomic E-state index is 12.5. The number of hydrogen-bond acceptors (Lipinski definition) is 6. The lowest BCUT2D eigenvalue weighted by molar-refractivity contribution is -0.134. The third kappa shape index (κ3) is 4.24. The summed E-state index contributed by atoms with van der Waals surface area (Å²) in [6.07, 6.45) is 7.77. The molecule has 2 N–H and O–H groups in total. The van der Waals surface area contributed by atoms with E-state index < -0.39 is 6.04 Å². The summed E-state index contributed by atoms with van der Waals surface area (Å²) >= 11 is 0. The molecule has 2 amide bonds. The van der Waals surface area contributed by atoms with Crippen LogP contribution in [0.3, 0.4) is 0 Å². The van der Waals surface area contributed by atoms with Crippen LogP contribution in [-0.4, -0.2) is 50.6 Å². The van der Waals surface area contributed by atoms with Gasteiger partial charge in [-0.25, -0.2) is 0 Å². The van der Waals surface area contributed by atoms with Gasteiger partial charge in [0.05, 0.1) is 31.5 Å². The summed E-state index contributed by atoms with van der Waals surface area (Å²) in [5.41, 5.74) is 0.992. The summed E-state index contributed by atoms with van der Waals surface area (Å²) in [5, 5.41) is 14.3. The fourth-order valence-electron chi connectivity index (χ4n) is 3.89. The molecular weight excluding hydrogens is 360 g/mol. The van der Waals surface area contributed by atoms with Crippen LogP contribution in [-0.2, 0) is 35.6 Å². The zero-order chi connectivity index (χ0) is 19.3. The van der Waals surface area contributed by atoms with Crippen molar-refractivity contribution in [1.82, 2.24) is 30.3 Å². The van der Waals surface area contributed by atoms with Gasteiger partial charge in [0.25, 0.3) is 0 Å². The number of carbonyl (C=O) groups excluding carboxylic acids is 2. The van der Waals surface area contributed by atoms with Crippen LogP contribution in [0.4, 0.5) is 0 Å². The fraction of sp³-hybridized carbons (Fsp3) is 0.579. The number of nitrogens with zero attached hydrogens (tertiary/aromatic N) is 4. The van der Waals surface area contributed by atoms with E-state index in [0.717, 1.165) is 43.0 Å². The van der Waals surface area contributed by atoms with Crippen LogP contribution in [0, 0.1) is 0 Å². The van der Waals surface area contributed by atoms with Gasteiger partial charge in [-0.15, -0.1) is 10.2 Å². The van der Waals surface area contributed by atoms with Gasteiger partial charge in [-0.3, -0.25) is 14.5 Å². The van der Waals surface area contributed by atoms with Gasteiger partial charge in [-0.05, 0) is 18.9 Å². The Balaban J connectivity index is 1.35. The second-order valence-corrected chi connectivity index (χ2v) is 7.38. The van der Waals surface area contributed by atoms with E-state index in [1.54, 1.807) is 12.5 Å². The lowest BCUT2D eigenvalue weighted by Crippen LogP contribution is -2.56. The molecule has 4 heterocycles. The largest absolute Gasteiger partial charge is 0.472 e. The summed E-state index contributed by atoms with van der Waals surface area (Å²) in [6, 6.07) is 1.39. The van der Waals surface area contributed by atoms with E-state index in [2.05, 4.69) is 25.4 Å². The first-order valence-electron chi connectivity index (χ1n) is 9.91. The van der Waals surface area contributed by atoms with Crippen molar-refractivity contribution in [3.8, 4) is 0 Å². The van der Waals surface area contributed by atoms with E-state index in [-0.39, 0.29) is 18.2 Å². The molecular formula is C19H26N6O3. The predicted octanol–water partition coefficient (Wildman–Crippen LogP) is 0.604. The molecule has 0 aliphatic carbocycles. The van der Waals surface area contributed by atoms with Crippen molar-refractivity contribution in [1.29, 1.82) is 0 Å². The highest BCUT2D eigenvalue weighted by Crippen LogP contribution is 2.16. The Bertz CT molecular complexity index is 816. The maximum Gasteiger partial charge on any atom is 0.237 e. The van der Waals surface area contributed by atoms with Crippen molar-refractivity contribution in [3.63, 3.8) is 0 Å². The number of rotatable bonds is 6. The number of fused-ring (bicyclic) bond motifs is 1. The Morgan fingerprint density at radius 2 is 2.21 bits per heavy atom. The highest BCUT2D eigenvalue weighted by Gasteiger charge is 2.31. The number of amides is 2. The number of carbonyl (C=O) groups is 2. The number of aromatic nitrogens is 3. The summed E-state index contributed by atoms with van der Waals surface area (Å²) in [7, 11) is 0. The number of piperazine rings is 1. The van der Waals surface area contributed by atoms with Crippen LogP contribution in [0.1, 0.15) is 42.9 Å². The zero-order valence-corrected chi connectivity index (χ0v) is 15.9. The molecule has 28 heavy (non-hydrogen) atoms. The van der Waals surface area contributed by atoms with E-state index in [4.69, 9.17) is 4.42 Å². The molecule has 9 nitrogen and oxygen atoms in total. The van der Waals surface area contributed by atoms with E-state index >= 15 is 0 Å². The minimum atomic E-state index is -0.487. The SMILES string of the molecule is O=C(C[C@@H]1C(=O)NCCN1Cc1ccoc1)NCc1nnc2n1CCCCC2. The quantitative estimate of drug-likeness (QED) is 0.753. The number of furan rings is 1. The van der Waals surface area contributed by atoms with Crippen LogP contribution in [0.25, 0.3) is 0 Å². The molecule has 0 aromatic carbocycles. The number of aryl methyl sites for hydroxylation is 1. The van der Waals surface area contributed by atoms with Crippen molar-refractivity contribution in [3.05, 3.63) is 35.8 Å². The molecule has 2 aromatic heterocycles. The second-order valence-electron chi connectivity index (χ2n) is 7.38. The topological polar surface area (TPSA) is 105 Å². The minimum absolute atomic E-state index is 0.110. The molecule has 0 radical (unpaired) electrons. The summed E-state index contributed by atoms with van der Waals surface area (Å²) in [4.78, 5) is 26.9. The molecule has 1 fully saturated rings. The van der Waals surface area contributed by atoms with Crippen molar-refractivity contribution < 1.29 is 14.0 Å². The summed E-state index contributed by atoms with van der Waals surface area (Å²) in [6.45, 7) is 3.10. The monoisotopic (exact) mass is 386 g/mol. The first kappa shape index (κ1) is 18.7. The lowest BCUT2D eigenvalue weighted by Gasteiger charge is -2.34. The van der Waals surface area contributed by atoms with Gasteiger partial charge in [-0.2, -0.15) is 0 Å². The average molecular weight is 386 g/mol. The van der Waals surface area contributed by atoms with E-state index in [9.17, 15) is 9.59 Å². The molecule has 0 saturated carbocycles. The molecule has 9 heteroatoms. The normalized spacial score (nSPS) is 20.3. The van der Waals surface area contributed by atoms with Crippen LogP contribution in [0.2, 0.25) is 0 Å². The van der Waals surface area contributed by atoms with Crippen molar-refractivity contribution >= 4 is 11.8 Å². The van der Waals surface area contributed by atoms with Gasteiger partial charge in [0.2, 0.25) is 11.8 Å². The Kier molecular flexibility index (Phi) is 5.70. The van der Waals surface area contributed by atoms with Gasteiger partial charge in [-0.1, -0.05) is 6.42 Å². The number of nitrogens with one attached hydrogen (secondary N) is 2. The third-order valence-corrected chi connectivity index (χ3v) is 5.42. The maximum atomic E-state index is 12.5. The molecule has 1 atom stereocenters. The Morgan fingerprint density at radius 1 is 1.29 bits per heavy atom. The fourth-order valence-corrected chi connectivity index (χ4v) is 3.89. The molecule has 0 bridgehead atoms. The molecule has 150 valence electrons. The van der Waals surface area contributed by atoms with E-state index in [1.807, 2.05) is 11.0 Å². The van der Waals surface area contributed by atoms with Gasteiger partial charge < -0.3 is 19.6 Å². The zero-order valence-electron chi connectivity index (χ0n) is 15.9. The minimum Gasteiger partial charge on any atom is -0.472 e. The highest BCUT2D eigenvalue weighted by molar-refractivity contribution is 5.88. The van der Waals surface area contributed by atoms with Gasteiger partial charge in [0, 0.05) is 38.2 Å². The Labute approximate surface area is 163 Å². The first-order valence-corrected chi connectivity index (χ1v) is 9.91. The predicted molar refractivity (Wildman–Crippen MR) is 100.0 cm³/mol. The molecule has 0 unspecified atom stereocenters. The molecule has 4 rings (SSSR count). The van der Waals surface area contributed by atoms with Crippen LogP contribution in [0.15, 0.2) is 23.0 Å². The van der Waals surface area contributed by atoms with Crippen LogP contribution >= 0.6 is 0 Å². The molecule has 0 spiro atoms. The first-order chi connectivity index (χ1) is 13.7. The van der Waals surface area contributed by atoms with Crippen molar-refractivity contribution in [2.24, 2.45) is 0 Å². The van der Waals surface area contributed by atoms with Crippen molar-refractivity contribution in [2.75, 3.05) is 13.1 Å². The third-order valence-electron chi connectivity index (χ3n) is 5.42. The van der Waals surface area contributed by atoms with E-state index in [0.29, 0.717) is 26.2 Å². The smallest absolute Gasteiger partial charge is 0.237 e.